The Hall–Kier alpha value is -1.73. The standard InChI is InChI=1S/C15H21N5O2/c21-15(14-8-16-19-17-14)6-3-7-20(10-15)9-12-11-4-1-2-5-13(11)22-18-12/h8,21H,1-7,9-10H2,(H,16,17,19). The molecule has 22 heavy (non-hydrogen) atoms. The van der Waals surface area contributed by atoms with Crippen LogP contribution in [0.1, 0.15) is 48.4 Å². The first kappa shape index (κ1) is 13.9. The van der Waals surface area contributed by atoms with Gasteiger partial charge in [0, 0.05) is 25.1 Å². The van der Waals surface area contributed by atoms with Crippen LogP contribution in [0.5, 0.6) is 0 Å². The van der Waals surface area contributed by atoms with Crippen molar-refractivity contribution >= 4 is 0 Å². The lowest BCUT2D eigenvalue weighted by Crippen LogP contribution is -2.46. The first-order chi connectivity index (χ1) is 10.7. The van der Waals surface area contributed by atoms with E-state index in [2.05, 4.69) is 25.5 Å². The number of rotatable bonds is 3. The van der Waals surface area contributed by atoms with Gasteiger partial charge in [-0.05, 0) is 38.6 Å². The van der Waals surface area contributed by atoms with Crippen LogP contribution in [0.3, 0.4) is 0 Å². The smallest absolute Gasteiger partial charge is 0.140 e. The number of aliphatic hydroxyl groups is 1. The molecule has 0 saturated carbocycles. The average Bonchev–Trinajstić information content (AvgIpc) is 3.18. The third-order valence-electron chi connectivity index (χ3n) is 4.85. The van der Waals surface area contributed by atoms with E-state index in [0.29, 0.717) is 18.7 Å². The van der Waals surface area contributed by atoms with Crippen LogP contribution < -0.4 is 0 Å². The number of hydrogen-bond donors (Lipinski definition) is 2. The highest BCUT2D eigenvalue weighted by Crippen LogP contribution is 2.31. The Morgan fingerprint density at radius 2 is 2.23 bits per heavy atom. The fraction of sp³-hybridized carbons (Fsp3) is 0.667. The summed E-state index contributed by atoms with van der Waals surface area (Å²) in [5.74, 6) is 1.06. The van der Waals surface area contributed by atoms with Crippen molar-refractivity contribution in [3.63, 3.8) is 0 Å². The fourth-order valence-corrected chi connectivity index (χ4v) is 3.68. The maximum absolute atomic E-state index is 10.9. The highest BCUT2D eigenvalue weighted by Gasteiger charge is 2.37. The molecule has 1 atom stereocenters. The second-order valence-electron chi connectivity index (χ2n) is 6.44. The number of fused-ring (bicyclic) bond motifs is 1. The SMILES string of the molecule is OC1(c2cn[nH]n2)CCCN(Cc2noc3c2CCCC3)C1. The van der Waals surface area contributed by atoms with Gasteiger partial charge in [-0.1, -0.05) is 5.16 Å². The number of aromatic amines is 1. The van der Waals surface area contributed by atoms with E-state index in [1.165, 1.54) is 18.4 Å². The first-order valence-electron chi connectivity index (χ1n) is 8.02. The minimum Gasteiger partial charge on any atom is -0.382 e. The molecule has 1 aliphatic heterocycles. The van der Waals surface area contributed by atoms with Crippen LogP contribution in [0.25, 0.3) is 0 Å². The molecule has 3 heterocycles. The van der Waals surface area contributed by atoms with Crippen LogP contribution in [0.4, 0.5) is 0 Å². The number of H-pyrrole nitrogens is 1. The fourth-order valence-electron chi connectivity index (χ4n) is 3.68. The molecular formula is C15H21N5O2. The molecule has 1 unspecified atom stereocenters. The zero-order chi connectivity index (χ0) is 15.0. The van der Waals surface area contributed by atoms with Crippen LogP contribution in [-0.2, 0) is 25.0 Å². The molecule has 0 bridgehead atoms. The Morgan fingerprint density at radius 3 is 3.09 bits per heavy atom. The van der Waals surface area contributed by atoms with E-state index in [4.69, 9.17) is 4.52 Å². The average molecular weight is 303 g/mol. The van der Waals surface area contributed by atoms with Crippen molar-refractivity contribution in [2.45, 2.75) is 50.7 Å². The third kappa shape index (κ3) is 2.44. The molecule has 2 aromatic heterocycles. The minimum absolute atomic E-state index is 0.557. The summed E-state index contributed by atoms with van der Waals surface area (Å²) < 4.78 is 5.49. The first-order valence-corrected chi connectivity index (χ1v) is 8.02. The molecule has 2 aromatic rings. The summed E-state index contributed by atoms with van der Waals surface area (Å²) in [5.41, 5.74) is 2.04. The molecule has 1 fully saturated rings. The van der Waals surface area contributed by atoms with Crippen LogP contribution in [0, 0.1) is 0 Å². The molecule has 7 heteroatoms. The predicted octanol–water partition coefficient (Wildman–Crippen LogP) is 1.16. The van der Waals surface area contributed by atoms with Crippen LogP contribution >= 0.6 is 0 Å². The van der Waals surface area contributed by atoms with E-state index in [1.807, 2.05) is 0 Å². The van der Waals surface area contributed by atoms with Gasteiger partial charge in [0.15, 0.2) is 0 Å². The van der Waals surface area contributed by atoms with Crippen LogP contribution in [0.15, 0.2) is 10.7 Å². The monoisotopic (exact) mass is 303 g/mol. The van der Waals surface area contributed by atoms with Crippen molar-refractivity contribution in [3.8, 4) is 0 Å². The topological polar surface area (TPSA) is 91.1 Å². The van der Waals surface area contributed by atoms with Crippen molar-refractivity contribution in [2.75, 3.05) is 13.1 Å². The molecule has 118 valence electrons. The summed E-state index contributed by atoms with van der Waals surface area (Å²) in [7, 11) is 0. The molecule has 0 aromatic carbocycles. The summed E-state index contributed by atoms with van der Waals surface area (Å²) in [5, 5.41) is 25.6. The lowest BCUT2D eigenvalue weighted by molar-refractivity contribution is -0.0419. The number of hydrogen-bond acceptors (Lipinski definition) is 6. The predicted molar refractivity (Wildman–Crippen MR) is 77.9 cm³/mol. The van der Waals surface area contributed by atoms with Crippen molar-refractivity contribution in [1.82, 2.24) is 25.5 Å². The molecule has 0 spiro atoms. The summed E-state index contributed by atoms with van der Waals surface area (Å²) in [6.07, 6.45) is 7.74. The second kappa shape index (κ2) is 5.48. The Kier molecular flexibility index (Phi) is 3.46. The zero-order valence-corrected chi connectivity index (χ0v) is 12.6. The summed E-state index contributed by atoms with van der Waals surface area (Å²) >= 11 is 0. The van der Waals surface area contributed by atoms with Crippen LogP contribution in [-0.4, -0.2) is 43.7 Å². The Labute approximate surface area is 128 Å². The molecular weight excluding hydrogens is 282 g/mol. The van der Waals surface area contributed by atoms with Crippen LogP contribution in [0.2, 0.25) is 0 Å². The lowest BCUT2D eigenvalue weighted by Gasteiger charge is -2.37. The van der Waals surface area contributed by atoms with Gasteiger partial charge >= 0.3 is 0 Å². The van der Waals surface area contributed by atoms with Gasteiger partial charge in [0.05, 0.1) is 6.20 Å². The van der Waals surface area contributed by atoms with Gasteiger partial charge in [-0.15, -0.1) is 0 Å². The third-order valence-corrected chi connectivity index (χ3v) is 4.85. The number of likely N-dealkylation sites (tertiary alicyclic amines) is 1. The summed E-state index contributed by atoms with van der Waals surface area (Å²) in [6, 6.07) is 0. The van der Waals surface area contributed by atoms with Gasteiger partial charge in [-0.25, -0.2) is 0 Å². The number of nitrogens with zero attached hydrogens (tertiary/aromatic N) is 4. The van der Waals surface area contributed by atoms with E-state index in [0.717, 1.165) is 43.8 Å². The zero-order valence-electron chi connectivity index (χ0n) is 12.6. The van der Waals surface area contributed by atoms with E-state index >= 15 is 0 Å². The molecule has 1 saturated heterocycles. The van der Waals surface area contributed by atoms with Gasteiger partial charge in [-0.3, -0.25) is 4.90 Å². The highest BCUT2D eigenvalue weighted by molar-refractivity contribution is 5.25. The van der Waals surface area contributed by atoms with Gasteiger partial charge < -0.3 is 9.63 Å². The Morgan fingerprint density at radius 1 is 1.32 bits per heavy atom. The van der Waals surface area contributed by atoms with Gasteiger partial charge in [-0.2, -0.15) is 15.4 Å². The molecule has 2 aliphatic rings. The van der Waals surface area contributed by atoms with Crippen molar-refractivity contribution in [1.29, 1.82) is 0 Å². The van der Waals surface area contributed by atoms with E-state index < -0.39 is 5.60 Å². The molecule has 4 rings (SSSR count). The molecule has 0 amide bonds. The Balaban J connectivity index is 1.50. The van der Waals surface area contributed by atoms with Crippen molar-refractivity contribution in [3.05, 3.63) is 28.9 Å². The van der Waals surface area contributed by atoms with Crippen molar-refractivity contribution < 1.29 is 9.63 Å². The lowest BCUT2D eigenvalue weighted by atomic mass is 9.89. The Bertz CT molecular complexity index is 638. The molecule has 2 N–H and O–H groups in total. The van der Waals surface area contributed by atoms with E-state index in [9.17, 15) is 5.11 Å². The van der Waals surface area contributed by atoms with Gasteiger partial charge in [0.25, 0.3) is 0 Å². The number of nitrogens with one attached hydrogen (secondary N) is 1. The van der Waals surface area contributed by atoms with Crippen molar-refractivity contribution in [2.24, 2.45) is 0 Å². The highest BCUT2D eigenvalue weighted by atomic mass is 16.5. The normalized spacial score (nSPS) is 26.0. The number of aryl methyl sites for hydroxylation is 1. The second-order valence-corrected chi connectivity index (χ2v) is 6.44. The number of aromatic nitrogens is 4. The molecule has 0 radical (unpaired) electrons. The largest absolute Gasteiger partial charge is 0.382 e. The van der Waals surface area contributed by atoms with Gasteiger partial charge in [0.2, 0.25) is 0 Å². The quantitative estimate of drug-likeness (QED) is 0.884. The van der Waals surface area contributed by atoms with Gasteiger partial charge in [0.1, 0.15) is 22.7 Å². The summed E-state index contributed by atoms with van der Waals surface area (Å²) in [4.78, 5) is 2.24. The van der Waals surface area contributed by atoms with E-state index in [-0.39, 0.29) is 0 Å². The maximum atomic E-state index is 10.9. The molecule has 1 aliphatic carbocycles. The number of piperidine rings is 1. The molecule has 7 nitrogen and oxygen atoms in total. The number of β-amino-alcohol motifs (C(OH)–C–C–N with tert-alkyl or cyclic N) is 1. The summed E-state index contributed by atoms with van der Waals surface area (Å²) in [6.45, 7) is 2.25. The minimum atomic E-state index is -0.922. The maximum Gasteiger partial charge on any atom is 0.140 e. The van der Waals surface area contributed by atoms with E-state index in [1.54, 1.807) is 6.20 Å².